The third kappa shape index (κ3) is 7.23. The first-order chi connectivity index (χ1) is 18.3. The smallest absolute Gasteiger partial charge is 0.419 e. The Hall–Kier alpha value is -2.70. The van der Waals surface area contributed by atoms with Crippen LogP contribution in [0.4, 0.5) is 13.2 Å². The zero-order valence-corrected chi connectivity index (χ0v) is 21.6. The number of rotatable bonds is 11. The predicted molar refractivity (Wildman–Crippen MR) is 133 cm³/mol. The van der Waals surface area contributed by atoms with E-state index >= 15 is 0 Å². The maximum absolute atomic E-state index is 13.9. The highest BCUT2D eigenvalue weighted by atomic mass is 19.4. The van der Waals surface area contributed by atoms with Gasteiger partial charge in [0.2, 0.25) is 17.6 Å². The first-order valence-corrected chi connectivity index (χ1v) is 13.3. The quantitative estimate of drug-likeness (QED) is 0.397. The van der Waals surface area contributed by atoms with Crippen molar-refractivity contribution in [2.75, 3.05) is 26.4 Å². The highest BCUT2D eigenvalue weighted by Gasteiger charge is 2.37. The van der Waals surface area contributed by atoms with Gasteiger partial charge in [0.25, 0.3) is 0 Å². The van der Waals surface area contributed by atoms with Gasteiger partial charge < -0.3 is 19.3 Å². The average molecular weight is 540 g/mol. The van der Waals surface area contributed by atoms with Crippen LogP contribution in [-0.2, 0) is 15.7 Å². The Labute approximate surface area is 220 Å². The molecule has 12 heteroatoms. The summed E-state index contributed by atoms with van der Waals surface area (Å²) in [5.41, 5.74) is 5.48. The molecule has 2 aromatic rings. The second kappa shape index (κ2) is 12.9. The average Bonchev–Trinajstić information content (AvgIpc) is 3.58. The summed E-state index contributed by atoms with van der Waals surface area (Å²) in [5.74, 6) is 0.235. The second-order valence-corrected chi connectivity index (χ2v) is 9.85. The molecule has 3 N–H and O–H groups in total. The SMILES string of the molecule is CCOCC(=O)NC(N)N1CCCC1c1nc(-c2ccc(OCCC3CCCCC3)c(C(F)(F)F)c2)no1. The number of nitrogens with two attached hydrogens (primary N) is 1. The fourth-order valence-corrected chi connectivity index (χ4v) is 5.19. The number of nitrogens with zero attached hydrogens (tertiary/aromatic N) is 3. The molecule has 1 aromatic carbocycles. The van der Waals surface area contributed by atoms with E-state index in [0.717, 1.165) is 31.7 Å². The fraction of sp³-hybridized carbons (Fsp3) is 0.654. The number of nitrogens with one attached hydrogen (secondary N) is 1. The predicted octanol–water partition coefficient (Wildman–Crippen LogP) is 4.64. The van der Waals surface area contributed by atoms with Crippen LogP contribution in [0.3, 0.4) is 0 Å². The maximum atomic E-state index is 13.9. The van der Waals surface area contributed by atoms with Crippen molar-refractivity contribution in [3.63, 3.8) is 0 Å². The summed E-state index contributed by atoms with van der Waals surface area (Å²) in [6.45, 7) is 2.92. The van der Waals surface area contributed by atoms with E-state index in [1.165, 1.54) is 31.4 Å². The summed E-state index contributed by atoms with van der Waals surface area (Å²) in [4.78, 5) is 18.2. The van der Waals surface area contributed by atoms with Gasteiger partial charge >= 0.3 is 6.18 Å². The third-order valence-corrected chi connectivity index (χ3v) is 7.18. The molecule has 38 heavy (non-hydrogen) atoms. The monoisotopic (exact) mass is 539 g/mol. The summed E-state index contributed by atoms with van der Waals surface area (Å²) in [7, 11) is 0. The lowest BCUT2D eigenvalue weighted by atomic mass is 9.87. The number of carbonyl (C=O) groups is 1. The molecule has 1 saturated carbocycles. The molecule has 2 fully saturated rings. The Bertz CT molecular complexity index is 1060. The minimum absolute atomic E-state index is 0.0417. The molecule has 0 radical (unpaired) electrons. The highest BCUT2D eigenvalue weighted by molar-refractivity contribution is 5.77. The van der Waals surface area contributed by atoms with E-state index in [1.807, 2.05) is 4.90 Å². The van der Waals surface area contributed by atoms with E-state index in [2.05, 4.69) is 15.5 Å². The van der Waals surface area contributed by atoms with Gasteiger partial charge in [-0.3, -0.25) is 15.4 Å². The number of carbonyl (C=O) groups excluding carboxylic acids is 1. The highest BCUT2D eigenvalue weighted by Crippen LogP contribution is 2.39. The molecular formula is C26H36F3N5O4. The van der Waals surface area contributed by atoms with Crippen LogP contribution in [0.5, 0.6) is 5.75 Å². The molecule has 2 heterocycles. The summed E-state index contributed by atoms with van der Waals surface area (Å²) in [6.07, 6.45) is 2.57. The van der Waals surface area contributed by atoms with Crippen LogP contribution in [0.2, 0.25) is 0 Å². The van der Waals surface area contributed by atoms with Crippen LogP contribution in [0.25, 0.3) is 11.4 Å². The number of hydrogen-bond donors (Lipinski definition) is 2. The van der Waals surface area contributed by atoms with Gasteiger partial charge in [-0.15, -0.1) is 0 Å². The van der Waals surface area contributed by atoms with Gasteiger partial charge in [-0.2, -0.15) is 18.2 Å². The van der Waals surface area contributed by atoms with Crippen LogP contribution in [0, 0.1) is 5.92 Å². The summed E-state index contributed by atoms with van der Waals surface area (Å²) in [5, 5.41) is 6.61. The Kier molecular flexibility index (Phi) is 9.61. The van der Waals surface area contributed by atoms with Crippen LogP contribution >= 0.6 is 0 Å². The molecule has 9 nitrogen and oxygen atoms in total. The van der Waals surface area contributed by atoms with Crippen LogP contribution in [0.15, 0.2) is 22.7 Å². The molecule has 1 aromatic heterocycles. The van der Waals surface area contributed by atoms with Crippen molar-refractivity contribution < 1.29 is 32.0 Å². The van der Waals surface area contributed by atoms with E-state index in [4.69, 9.17) is 19.7 Å². The lowest BCUT2D eigenvalue weighted by Gasteiger charge is -2.28. The van der Waals surface area contributed by atoms with Gasteiger partial charge in [0, 0.05) is 18.7 Å². The molecule has 1 saturated heterocycles. The molecular weight excluding hydrogens is 503 g/mol. The van der Waals surface area contributed by atoms with Crippen molar-refractivity contribution in [3.05, 3.63) is 29.7 Å². The van der Waals surface area contributed by atoms with E-state index in [1.54, 1.807) is 6.92 Å². The molecule has 1 amide bonds. The number of amides is 1. The number of hydrogen-bond acceptors (Lipinski definition) is 8. The van der Waals surface area contributed by atoms with Crippen molar-refractivity contribution in [3.8, 4) is 17.1 Å². The fourth-order valence-electron chi connectivity index (χ4n) is 5.19. The third-order valence-electron chi connectivity index (χ3n) is 7.18. The Morgan fingerprint density at radius 3 is 2.76 bits per heavy atom. The number of aromatic nitrogens is 2. The van der Waals surface area contributed by atoms with Crippen molar-refractivity contribution in [2.24, 2.45) is 11.7 Å². The maximum Gasteiger partial charge on any atom is 0.419 e. The van der Waals surface area contributed by atoms with Gasteiger partial charge in [-0.1, -0.05) is 37.3 Å². The lowest BCUT2D eigenvalue weighted by Crippen LogP contribution is -2.54. The minimum Gasteiger partial charge on any atom is -0.493 e. The molecule has 0 bridgehead atoms. The molecule has 4 rings (SSSR count). The standard InChI is InChI=1S/C26H36F3N5O4/c1-2-36-16-22(35)31-25(30)34-13-6-9-20(34)24-32-23(33-38-24)18-10-11-21(19(15-18)26(27,28)29)37-14-12-17-7-4-3-5-8-17/h10-11,15,17,20,25H,2-9,12-14,16,30H2,1H3,(H,31,35). The van der Waals surface area contributed by atoms with E-state index in [9.17, 15) is 18.0 Å². The summed E-state index contributed by atoms with van der Waals surface area (Å²) in [6, 6.07) is 3.45. The molecule has 210 valence electrons. The zero-order chi connectivity index (χ0) is 27.1. The molecule has 2 aliphatic rings. The van der Waals surface area contributed by atoms with Crippen LogP contribution in [-0.4, -0.2) is 53.6 Å². The summed E-state index contributed by atoms with van der Waals surface area (Å²) >= 11 is 0. The molecule has 0 spiro atoms. The van der Waals surface area contributed by atoms with Crippen molar-refractivity contribution in [2.45, 2.75) is 76.8 Å². The Morgan fingerprint density at radius 2 is 2.03 bits per heavy atom. The molecule has 2 unspecified atom stereocenters. The van der Waals surface area contributed by atoms with Gasteiger partial charge in [0.1, 0.15) is 18.6 Å². The van der Waals surface area contributed by atoms with Crippen LogP contribution in [0.1, 0.15) is 75.8 Å². The van der Waals surface area contributed by atoms with E-state index in [0.29, 0.717) is 25.5 Å². The van der Waals surface area contributed by atoms with Gasteiger partial charge in [0.15, 0.2) is 0 Å². The number of ether oxygens (including phenoxy) is 2. The normalized spacial score (nSPS) is 20.0. The lowest BCUT2D eigenvalue weighted by molar-refractivity contribution is -0.139. The number of likely N-dealkylation sites (tertiary alicyclic amines) is 1. The second-order valence-electron chi connectivity index (χ2n) is 9.85. The first-order valence-electron chi connectivity index (χ1n) is 13.3. The molecule has 1 aliphatic carbocycles. The Morgan fingerprint density at radius 1 is 1.24 bits per heavy atom. The zero-order valence-electron chi connectivity index (χ0n) is 21.6. The number of halogens is 3. The van der Waals surface area contributed by atoms with Gasteiger partial charge in [0.05, 0.1) is 18.2 Å². The van der Waals surface area contributed by atoms with Crippen LogP contribution < -0.4 is 15.8 Å². The van der Waals surface area contributed by atoms with Crippen molar-refractivity contribution in [1.82, 2.24) is 20.4 Å². The van der Waals surface area contributed by atoms with E-state index in [-0.39, 0.29) is 48.2 Å². The topological polar surface area (TPSA) is 116 Å². The van der Waals surface area contributed by atoms with Crippen molar-refractivity contribution >= 4 is 5.91 Å². The number of benzene rings is 1. The van der Waals surface area contributed by atoms with Crippen molar-refractivity contribution in [1.29, 1.82) is 0 Å². The largest absolute Gasteiger partial charge is 0.493 e. The molecule has 2 atom stereocenters. The minimum atomic E-state index is -4.60. The van der Waals surface area contributed by atoms with Gasteiger partial charge in [-0.25, -0.2) is 0 Å². The Balaban J connectivity index is 1.44. The molecule has 1 aliphatic heterocycles. The summed E-state index contributed by atoms with van der Waals surface area (Å²) < 4.78 is 57.8. The van der Waals surface area contributed by atoms with Gasteiger partial charge in [-0.05, 0) is 50.3 Å². The first kappa shape index (κ1) is 28.3. The number of alkyl halides is 3. The van der Waals surface area contributed by atoms with E-state index < -0.39 is 18.0 Å².